The summed E-state index contributed by atoms with van der Waals surface area (Å²) in [5.41, 5.74) is 11.1. The van der Waals surface area contributed by atoms with Crippen LogP contribution in [0, 0.1) is 13.8 Å². The van der Waals surface area contributed by atoms with E-state index < -0.39 is 0 Å². The first kappa shape index (κ1) is 32.4. The van der Waals surface area contributed by atoms with Crippen molar-refractivity contribution < 1.29 is 51.0 Å². The molecule has 0 aliphatic heterocycles. The topological polar surface area (TPSA) is 0 Å². The van der Waals surface area contributed by atoms with Gasteiger partial charge in [0.15, 0.2) is 0 Å². The summed E-state index contributed by atoms with van der Waals surface area (Å²) in [5.74, 6) is 0.320. The van der Waals surface area contributed by atoms with Crippen molar-refractivity contribution in [1.82, 2.24) is 0 Å². The number of aryl methyl sites for hydroxylation is 2. The van der Waals surface area contributed by atoms with E-state index in [-0.39, 0.29) is 51.0 Å². The molecule has 0 N–H and O–H groups in total. The third kappa shape index (κ3) is 5.85. The van der Waals surface area contributed by atoms with Gasteiger partial charge in [0.1, 0.15) is 0 Å². The second-order valence-electron chi connectivity index (χ2n) is 9.67. The molecule has 5 aromatic rings. The molecule has 0 nitrogen and oxygen atoms in total. The molecular formula is C34H33Cl2SiZr. The Balaban J connectivity index is 0.000000809. The Hall–Kier alpha value is -1.83. The van der Waals surface area contributed by atoms with E-state index in [2.05, 4.69) is 125 Å². The number of allylic oxidation sites excluding steroid dienone is 1. The standard InChI is InChI=1S/C32H27.C2H6Si.2ClH.Zr/c1-4-22-18-30-26(29-17-20(2)15-16-21(29)3)12-8-14-27(30)32(22)28-13-7-11-25-24-10-6-5-9-23(24)19-31(25)28;1-3-2;;;/h5-19,32H,4H2,1-3H3;1-2H3;2*1H;/q-1;;;;+3/p-2. The van der Waals surface area contributed by atoms with E-state index in [1.165, 1.54) is 66.1 Å². The molecule has 6 rings (SSSR count). The maximum atomic E-state index is 2.47. The molecule has 1 atom stereocenters. The number of hydrogen-bond acceptors (Lipinski definition) is 0. The van der Waals surface area contributed by atoms with Crippen molar-refractivity contribution in [1.29, 1.82) is 0 Å². The van der Waals surface area contributed by atoms with Crippen LogP contribution in [0.5, 0.6) is 0 Å². The average molecular weight is 632 g/mol. The van der Waals surface area contributed by atoms with E-state index in [1.807, 2.05) is 0 Å². The largest absolute Gasteiger partial charge is 3.00 e. The number of rotatable bonds is 3. The number of benzene rings is 4. The Labute approximate surface area is 262 Å². The molecule has 0 bridgehead atoms. The molecule has 0 fully saturated rings. The van der Waals surface area contributed by atoms with Gasteiger partial charge in [-0.05, 0) is 48.1 Å². The van der Waals surface area contributed by atoms with Crippen LogP contribution in [0.4, 0.5) is 0 Å². The van der Waals surface area contributed by atoms with Gasteiger partial charge in [-0.25, -0.2) is 0 Å². The van der Waals surface area contributed by atoms with E-state index >= 15 is 0 Å². The molecule has 0 amide bonds. The minimum atomic E-state index is 0. The Bertz CT molecular complexity index is 1560. The summed E-state index contributed by atoms with van der Waals surface area (Å²) in [4.78, 5) is 0. The van der Waals surface area contributed by atoms with Gasteiger partial charge in [-0.2, -0.15) is 0 Å². The maximum Gasteiger partial charge on any atom is 3.00 e. The van der Waals surface area contributed by atoms with Crippen LogP contribution in [0.3, 0.4) is 0 Å². The first-order valence-corrected chi connectivity index (χ1v) is 14.6. The molecule has 0 aromatic heterocycles. The normalized spacial score (nSPS) is 13.4. The first-order valence-electron chi connectivity index (χ1n) is 12.6. The molecule has 0 saturated carbocycles. The van der Waals surface area contributed by atoms with E-state index in [0.29, 0.717) is 5.92 Å². The molecule has 1 unspecified atom stereocenters. The Kier molecular flexibility index (Phi) is 11.9. The summed E-state index contributed by atoms with van der Waals surface area (Å²) in [6.45, 7) is 11.0. The SMILES string of the molecule is CCC1=Cc2c(-c3cc(C)ccc3C)cccc2C1c1cccc2c1[cH-]c1ccccc12.C[Si]C.[Cl-].[Cl-].[Zr+3]. The Morgan fingerprint density at radius 2 is 1.42 bits per heavy atom. The van der Waals surface area contributed by atoms with Crippen molar-refractivity contribution >= 4 is 37.1 Å². The Morgan fingerprint density at radius 3 is 2.16 bits per heavy atom. The minimum Gasteiger partial charge on any atom is -1.00 e. The van der Waals surface area contributed by atoms with Gasteiger partial charge in [0.05, 0.1) is 0 Å². The second-order valence-corrected chi connectivity index (χ2v) is 10.7. The molecule has 1 aliphatic carbocycles. The molecule has 4 heteroatoms. The van der Waals surface area contributed by atoms with Crippen LogP contribution in [0.25, 0.3) is 38.7 Å². The van der Waals surface area contributed by atoms with Crippen molar-refractivity contribution in [2.24, 2.45) is 0 Å². The maximum absolute atomic E-state index is 2.47. The molecule has 3 radical (unpaired) electrons. The van der Waals surface area contributed by atoms with Crippen LogP contribution < -0.4 is 24.8 Å². The van der Waals surface area contributed by atoms with Gasteiger partial charge >= 0.3 is 26.2 Å². The fourth-order valence-corrected chi connectivity index (χ4v) is 5.65. The fourth-order valence-electron chi connectivity index (χ4n) is 5.65. The summed E-state index contributed by atoms with van der Waals surface area (Å²) < 4.78 is 0. The molecule has 1 aliphatic rings. The first-order chi connectivity index (χ1) is 17.1. The monoisotopic (exact) mass is 629 g/mol. The van der Waals surface area contributed by atoms with Crippen molar-refractivity contribution in [3.63, 3.8) is 0 Å². The van der Waals surface area contributed by atoms with Crippen LogP contribution in [-0.4, -0.2) is 9.52 Å². The summed E-state index contributed by atoms with van der Waals surface area (Å²) >= 11 is 0. The zero-order valence-corrected chi connectivity index (χ0v) is 27.7. The van der Waals surface area contributed by atoms with Gasteiger partial charge in [0.2, 0.25) is 0 Å². The minimum absolute atomic E-state index is 0. The third-order valence-electron chi connectivity index (χ3n) is 7.24. The number of hydrogen-bond donors (Lipinski definition) is 0. The van der Waals surface area contributed by atoms with Gasteiger partial charge in [-0.15, -0.1) is 33.7 Å². The smallest absolute Gasteiger partial charge is 1.00 e. The predicted octanol–water partition coefficient (Wildman–Crippen LogP) is 3.73. The van der Waals surface area contributed by atoms with E-state index in [0.717, 1.165) is 15.9 Å². The van der Waals surface area contributed by atoms with Crippen LogP contribution in [0.1, 0.15) is 47.1 Å². The quantitative estimate of drug-likeness (QED) is 0.211. The molecule has 0 spiro atoms. The van der Waals surface area contributed by atoms with Crippen LogP contribution >= 0.6 is 0 Å². The zero-order chi connectivity index (χ0) is 24.5. The van der Waals surface area contributed by atoms with Crippen LogP contribution in [0.15, 0.2) is 90.5 Å². The zero-order valence-electron chi connectivity index (χ0n) is 22.7. The average Bonchev–Trinajstić information content (AvgIpc) is 3.44. The van der Waals surface area contributed by atoms with Crippen molar-refractivity contribution in [2.75, 3.05) is 0 Å². The summed E-state index contributed by atoms with van der Waals surface area (Å²) in [6.07, 6.45) is 3.53. The van der Waals surface area contributed by atoms with Gasteiger partial charge < -0.3 is 24.8 Å². The van der Waals surface area contributed by atoms with E-state index in [4.69, 9.17) is 0 Å². The van der Waals surface area contributed by atoms with Gasteiger partial charge in [0.25, 0.3) is 0 Å². The number of fused-ring (bicyclic) bond motifs is 4. The van der Waals surface area contributed by atoms with Crippen molar-refractivity contribution in [3.05, 3.63) is 118 Å². The number of halogens is 2. The molecule has 38 heavy (non-hydrogen) atoms. The second kappa shape index (κ2) is 14.0. The van der Waals surface area contributed by atoms with Crippen molar-refractivity contribution in [2.45, 2.75) is 46.2 Å². The molecule has 0 heterocycles. The third-order valence-corrected chi connectivity index (χ3v) is 7.24. The summed E-state index contributed by atoms with van der Waals surface area (Å²) in [5, 5.41) is 5.45. The van der Waals surface area contributed by atoms with Gasteiger partial charge in [-0.3, -0.25) is 0 Å². The summed E-state index contributed by atoms with van der Waals surface area (Å²) in [7, 11) is 1.08. The molecule has 0 saturated heterocycles. The van der Waals surface area contributed by atoms with E-state index in [1.54, 1.807) is 0 Å². The fraction of sp³-hybridized carbons (Fsp3) is 0.206. The summed E-state index contributed by atoms with van der Waals surface area (Å²) in [6, 6.07) is 31.7. The predicted molar refractivity (Wildman–Crippen MR) is 156 cm³/mol. The molecular weight excluding hydrogens is 599 g/mol. The van der Waals surface area contributed by atoms with Crippen LogP contribution in [0.2, 0.25) is 13.1 Å². The van der Waals surface area contributed by atoms with E-state index in [9.17, 15) is 0 Å². The Morgan fingerprint density at radius 1 is 0.763 bits per heavy atom. The molecule has 5 aromatic carbocycles. The van der Waals surface area contributed by atoms with Gasteiger partial charge in [-0.1, -0.05) is 116 Å². The van der Waals surface area contributed by atoms with Gasteiger partial charge in [0, 0.05) is 15.4 Å². The molecule has 191 valence electrons. The van der Waals surface area contributed by atoms with Crippen LogP contribution in [-0.2, 0) is 26.2 Å². The van der Waals surface area contributed by atoms with Crippen molar-refractivity contribution in [3.8, 4) is 11.1 Å².